The zero-order chi connectivity index (χ0) is 20.9. The van der Waals surface area contributed by atoms with Crippen LogP contribution in [0.1, 0.15) is 19.8 Å². The van der Waals surface area contributed by atoms with E-state index in [1.165, 1.54) is 12.8 Å². The van der Waals surface area contributed by atoms with Gasteiger partial charge in [0.05, 0.1) is 12.8 Å². The van der Waals surface area contributed by atoms with Crippen molar-refractivity contribution in [2.75, 3.05) is 61.5 Å². The molecule has 2 fully saturated rings. The SMILES string of the molecule is COc1ccccc1NC(=O)N1CCN(c2ccc(N3CCC(C)CC3)nn2)CC1. The monoisotopic (exact) mass is 410 g/mol. The number of anilines is 3. The first-order valence-corrected chi connectivity index (χ1v) is 10.7. The Hall–Kier alpha value is -3.03. The van der Waals surface area contributed by atoms with Crippen LogP contribution in [0.2, 0.25) is 0 Å². The Morgan fingerprint density at radius 2 is 1.53 bits per heavy atom. The Balaban J connectivity index is 1.30. The highest BCUT2D eigenvalue weighted by Gasteiger charge is 2.23. The van der Waals surface area contributed by atoms with E-state index in [2.05, 4.69) is 38.3 Å². The van der Waals surface area contributed by atoms with Gasteiger partial charge in [-0.1, -0.05) is 19.1 Å². The molecule has 8 nitrogen and oxygen atoms in total. The minimum Gasteiger partial charge on any atom is -0.495 e. The normalized spacial score (nSPS) is 17.7. The van der Waals surface area contributed by atoms with Crippen LogP contribution < -0.4 is 19.9 Å². The fourth-order valence-electron chi connectivity index (χ4n) is 3.97. The molecule has 30 heavy (non-hydrogen) atoms. The molecule has 2 aromatic rings. The standard InChI is InChI=1S/C22H30N6O2/c1-17-9-11-26(12-10-17)20-7-8-21(25-24-20)27-13-15-28(16-14-27)22(29)23-18-5-3-4-6-19(18)30-2/h3-8,17H,9-16H2,1-2H3,(H,23,29). The molecule has 2 aliphatic heterocycles. The summed E-state index contributed by atoms with van der Waals surface area (Å²) in [6, 6.07) is 11.4. The molecule has 1 N–H and O–H groups in total. The van der Waals surface area contributed by atoms with E-state index < -0.39 is 0 Å². The summed E-state index contributed by atoms with van der Waals surface area (Å²) < 4.78 is 5.31. The molecule has 8 heteroatoms. The molecule has 0 aliphatic carbocycles. The van der Waals surface area contributed by atoms with Crippen molar-refractivity contribution in [3.63, 3.8) is 0 Å². The minimum absolute atomic E-state index is 0.111. The van der Waals surface area contributed by atoms with Crippen LogP contribution in [0.15, 0.2) is 36.4 Å². The topological polar surface area (TPSA) is 73.8 Å². The summed E-state index contributed by atoms with van der Waals surface area (Å²) >= 11 is 0. The maximum atomic E-state index is 12.6. The fourth-order valence-corrected chi connectivity index (χ4v) is 3.97. The van der Waals surface area contributed by atoms with Gasteiger partial charge in [-0.25, -0.2) is 4.79 Å². The Morgan fingerprint density at radius 3 is 2.13 bits per heavy atom. The van der Waals surface area contributed by atoms with Crippen LogP contribution in [0.5, 0.6) is 5.75 Å². The van der Waals surface area contributed by atoms with E-state index >= 15 is 0 Å². The molecule has 0 bridgehead atoms. The number of nitrogens with zero attached hydrogens (tertiary/aromatic N) is 5. The van der Waals surface area contributed by atoms with Gasteiger partial charge < -0.3 is 24.8 Å². The molecule has 2 aliphatic rings. The molecule has 2 amide bonds. The third-order valence-corrected chi connectivity index (χ3v) is 5.98. The van der Waals surface area contributed by atoms with E-state index in [0.717, 1.165) is 43.7 Å². The number of piperazine rings is 1. The number of aromatic nitrogens is 2. The lowest BCUT2D eigenvalue weighted by Gasteiger charge is -2.35. The first-order valence-electron chi connectivity index (χ1n) is 10.7. The largest absolute Gasteiger partial charge is 0.495 e. The highest BCUT2D eigenvalue weighted by molar-refractivity contribution is 5.91. The number of urea groups is 1. The lowest BCUT2D eigenvalue weighted by Crippen LogP contribution is -2.50. The number of piperidine rings is 1. The lowest BCUT2D eigenvalue weighted by atomic mass is 9.99. The number of hydrogen-bond acceptors (Lipinski definition) is 6. The summed E-state index contributed by atoms with van der Waals surface area (Å²) in [6.07, 6.45) is 2.42. The van der Waals surface area contributed by atoms with Gasteiger partial charge in [0, 0.05) is 39.3 Å². The molecule has 0 saturated carbocycles. The second-order valence-electron chi connectivity index (χ2n) is 8.02. The van der Waals surface area contributed by atoms with E-state index in [4.69, 9.17) is 4.74 Å². The molecule has 4 rings (SSSR count). The molecule has 2 saturated heterocycles. The third kappa shape index (κ3) is 4.58. The summed E-state index contributed by atoms with van der Waals surface area (Å²) in [5.74, 6) is 3.28. The van der Waals surface area contributed by atoms with E-state index in [1.807, 2.05) is 35.2 Å². The summed E-state index contributed by atoms with van der Waals surface area (Å²) in [4.78, 5) is 18.9. The van der Waals surface area contributed by atoms with E-state index in [0.29, 0.717) is 24.5 Å². The molecule has 0 spiro atoms. The van der Waals surface area contributed by atoms with Gasteiger partial charge in [0.15, 0.2) is 11.6 Å². The van der Waals surface area contributed by atoms with Gasteiger partial charge in [-0.3, -0.25) is 0 Å². The number of carbonyl (C=O) groups excluding carboxylic acids is 1. The zero-order valence-electron chi connectivity index (χ0n) is 17.8. The molecule has 1 aromatic heterocycles. The lowest BCUT2D eigenvalue weighted by molar-refractivity contribution is 0.208. The Bertz CT molecular complexity index is 843. The molecule has 160 valence electrons. The second-order valence-corrected chi connectivity index (χ2v) is 8.02. The maximum absolute atomic E-state index is 12.6. The van der Waals surface area contributed by atoms with Crippen LogP contribution in [0, 0.1) is 5.92 Å². The van der Waals surface area contributed by atoms with Crippen LogP contribution in [-0.2, 0) is 0 Å². The van der Waals surface area contributed by atoms with Crippen LogP contribution in [0.25, 0.3) is 0 Å². The van der Waals surface area contributed by atoms with E-state index in [1.54, 1.807) is 7.11 Å². The summed E-state index contributed by atoms with van der Waals surface area (Å²) in [5, 5.41) is 11.9. The van der Waals surface area contributed by atoms with Gasteiger partial charge in [-0.2, -0.15) is 0 Å². The smallest absolute Gasteiger partial charge is 0.322 e. The number of ether oxygens (including phenoxy) is 1. The molecular weight excluding hydrogens is 380 g/mol. The van der Waals surface area contributed by atoms with E-state index in [9.17, 15) is 4.79 Å². The Kier molecular flexibility index (Phi) is 6.21. The van der Waals surface area contributed by atoms with Gasteiger partial charge in [0.2, 0.25) is 0 Å². The van der Waals surface area contributed by atoms with Crippen molar-refractivity contribution < 1.29 is 9.53 Å². The number of benzene rings is 1. The number of hydrogen-bond donors (Lipinski definition) is 1. The van der Waals surface area contributed by atoms with Gasteiger partial charge in [-0.05, 0) is 43.0 Å². The Labute approximate surface area is 177 Å². The fraction of sp³-hybridized carbons (Fsp3) is 0.500. The van der Waals surface area contributed by atoms with Crippen LogP contribution in [0.4, 0.5) is 22.1 Å². The number of amides is 2. The van der Waals surface area contributed by atoms with Gasteiger partial charge in [0.25, 0.3) is 0 Å². The first-order chi connectivity index (χ1) is 14.6. The van der Waals surface area contributed by atoms with Gasteiger partial charge in [0.1, 0.15) is 5.75 Å². The highest BCUT2D eigenvalue weighted by Crippen LogP contribution is 2.24. The highest BCUT2D eigenvalue weighted by atomic mass is 16.5. The zero-order valence-corrected chi connectivity index (χ0v) is 17.8. The molecule has 0 atom stereocenters. The number of rotatable bonds is 4. The van der Waals surface area contributed by atoms with Crippen LogP contribution in [-0.4, -0.2) is 67.5 Å². The third-order valence-electron chi connectivity index (χ3n) is 5.98. The number of methoxy groups -OCH3 is 1. The van der Waals surface area contributed by atoms with Crippen molar-refractivity contribution in [2.24, 2.45) is 5.92 Å². The summed E-state index contributed by atoms with van der Waals surface area (Å²) in [5.41, 5.74) is 0.681. The average Bonchev–Trinajstić information content (AvgIpc) is 2.80. The van der Waals surface area contributed by atoms with Crippen molar-refractivity contribution in [1.29, 1.82) is 0 Å². The summed E-state index contributed by atoms with van der Waals surface area (Å²) in [7, 11) is 1.60. The molecule has 0 radical (unpaired) electrons. The van der Waals surface area contributed by atoms with Crippen molar-refractivity contribution in [2.45, 2.75) is 19.8 Å². The minimum atomic E-state index is -0.111. The Morgan fingerprint density at radius 1 is 0.933 bits per heavy atom. The maximum Gasteiger partial charge on any atom is 0.322 e. The molecule has 0 unspecified atom stereocenters. The molecule has 3 heterocycles. The average molecular weight is 411 g/mol. The van der Waals surface area contributed by atoms with Crippen molar-refractivity contribution in [3.05, 3.63) is 36.4 Å². The van der Waals surface area contributed by atoms with Gasteiger partial charge >= 0.3 is 6.03 Å². The van der Waals surface area contributed by atoms with Crippen molar-refractivity contribution in [1.82, 2.24) is 15.1 Å². The summed E-state index contributed by atoms with van der Waals surface area (Å²) in [6.45, 7) is 7.14. The van der Waals surface area contributed by atoms with E-state index in [-0.39, 0.29) is 6.03 Å². The van der Waals surface area contributed by atoms with Crippen LogP contribution in [0.3, 0.4) is 0 Å². The second kappa shape index (κ2) is 9.19. The van der Waals surface area contributed by atoms with Crippen molar-refractivity contribution >= 4 is 23.4 Å². The first kappa shape index (κ1) is 20.3. The van der Waals surface area contributed by atoms with Crippen LogP contribution >= 0.6 is 0 Å². The number of carbonyl (C=O) groups is 1. The number of nitrogens with one attached hydrogen (secondary N) is 1. The predicted octanol–water partition coefficient (Wildman–Crippen LogP) is 3.08. The van der Waals surface area contributed by atoms with Gasteiger partial charge in [-0.15, -0.1) is 10.2 Å². The molecule has 1 aromatic carbocycles. The van der Waals surface area contributed by atoms with Crippen molar-refractivity contribution in [3.8, 4) is 5.75 Å². The number of para-hydroxylation sites is 2. The molecular formula is C22H30N6O2. The predicted molar refractivity (Wildman–Crippen MR) is 118 cm³/mol. The quantitative estimate of drug-likeness (QED) is 0.835.